The molecule has 30 heavy (non-hydrogen) atoms. The molecule has 4 aromatic rings. The number of nitrogens with one attached hydrogen (secondary N) is 1. The third kappa shape index (κ3) is 3.42. The summed E-state index contributed by atoms with van der Waals surface area (Å²) in [6.45, 7) is 0. The van der Waals surface area contributed by atoms with Gasteiger partial charge in [0, 0.05) is 17.0 Å². The number of aromatic hydroxyl groups is 1. The minimum absolute atomic E-state index is 0.165. The number of pyridine rings is 2. The zero-order valence-corrected chi connectivity index (χ0v) is 15.5. The molecule has 2 heterocycles. The molecule has 0 saturated heterocycles. The van der Waals surface area contributed by atoms with E-state index in [1.54, 1.807) is 42.5 Å². The molecule has 0 aliphatic heterocycles. The molecule has 4 rings (SSSR count). The molecule has 0 spiro atoms. The van der Waals surface area contributed by atoms with E-state index in [2.05, 4.69) is 15.5 Å². The molecule has 0 aliphatic carbocycles. The normalized spacial score (nSPS) is 11.1. The fraction of sp³-hybridized carbons (Fsp3) is 0. The summed E-state index contributed by atoms with van der Waals surface area (Å²) in [7, 11) is 0. The molecule has 0 unspecified atom stereocenters. The van der Waals surface area contributed by atoms with Crippen molar-refractivity contribution in [1.82, 2.24) is 15.0 Å². The Hall–Kier alpha value is -4.33. The first-order valence-corrected chi connectivity index (χ1v) is 8.94. The lowest BCUT2D eigenvalue weighted by Gasteiger charge is -2.12. The summed E-state index contributed by atoms with van der Waals surface area (Å²) in [4.78, 5) is 29.2. The molecule has 0 saturated carbocycles. The van der Waals surface area contributed by atoms with Crippen molar-refractivity contribution in [2.24, 2.45) is 5.10 Å². The van der Waals surface area contributed by atoms with E-state index in [4.69, 9.17) is 0 Å². The van der Waals surface area contributed by atoms with Gasteiger partial charge >= 0.3 is 0 Å². The lowest BCUT2D eigenvalue weighted by atomic mass is 10.1. The molecule has 2 aromatic heterocycles. The number of amides is 1. The monoisotopic (exact) mass is 402 g/mol. The van der Waals surface area contributed by atoms with Gasteiger partial charge in [-0.3, -0.25) is 9.59 Å². The molecule has 2 N–H and O–H groups in total. The third-order valence-electron chi connectivity index (χ3n) is 4.46. The molecular weight excluding hydrogens is 387 g/mol. The second kappa shape index (κ2) is 7.96. The number of hydrogen-bond donors (Lipinski definition) is 2. The number of rotatable bonds is 4. The zero-order valence-electron chi connectivity index (χ0n) is 15.5. The molecule has 7 nitrogen and oxygen atoms in total. The molecular formula is C22H15FN4O3. The molecule has 148 valence electrons. The highest BCUT2D eigenvalue weighted by atomic mass is 19.1. The van der Waals surface area contributed by atoms with Crippen LogP contribution in [0.25, 0.3) is 16.6 Å². The van der Waals surface area contributed by atoms with E-state index in [-0.39, 0.29) is 22.8 Å². The number of fused-ring (bicyclic) bond motifs is 1. The first-order valence-electron chi connectivity index (χ1n) is 8.94. The summed E-state index contributed by atoms with van der Waals surface area (Å²) in [5.41, 5.74) is 1.81. The second-order valence-electron chi connectivity index (χ2n) is 6.29. The predicted octanol–water partition coefficient (Wildman–Crippen LogP) is 2.99. The van der Waals surface area contributed by atoms with Gasteiger partial charge in [-0.15, -0.1) is 0 Å². The molecule has 0 aliphatic rings. The number of benzene rings is 2. The number of hydrazone groups is 1. The Labute approximate surface area is 169 Å². The average Bonchev–Trinajstić information content (AvgIpc) is 2.77. The fourth-order valence-corrected chi connectivity index (χ4v) is 3.05. The van der Waals surface area contributed by atoms with Crippen LogP contribution in [0, 0.1) is 5.82 Å². The van der Waals surface area contributed by atoms with Crippen molar-refractivity contribution in [3.8, 4) is 11.7 Å². The van der Waals surface area contributed by atoms with Gasteiger partial charge in [0.1, 0.15) is 11.6 Å². The first-order chi connectivity index (χ1) is 14.6. The fourth-order valence-electron chi connectivity index (χ4n) is 3.05. The van der Waals surface area contributed by atoms with Crippen LogP contribution in [0.4, 0.5) is 4.39 Å². The van der Waals surface area contributed by atoms with Gasteiger partial charge in [0.2, 0.25) is 5.88 Å². The summed E-state index contributed by atoms with van der Waals surface area (Å²) in [6.07, 6.45) is 2.70. The highest BCUT2D eigenvalue weighted by molar-refractivity contribution is 6.02. The number of carbonyl (C=O) groups excluding carboxylic acids is 1. The van der Waals surface area contributed by atoms with E-state index < -0.39 is 17.3 Å². The minimum atomic E-state index is -0.744. The van der Waals surface area contributed by atoms with Crippen LogP contribution in [0.1, 0.15) is 15.9 Å². The van der Waals surface area contributed by atoms with Gasteiger partial charge in [-0.05, 0) is 30.3 Å². The van der Waals surface area contributed by atoms with Crippen molar-refractivity contribution < 1.29 is 14.3 Å². The van der Waals surface area contributed by atoms with Crippen LogP contribution in [0.15, 0.2) is 82.8 Å². The van der Waals surface area contributed by atoms with Gasteiger partial charge in [-0.2, -0.15) is 5.10 Å². The van der Waals surface area contributed by atoms with E-state index in [1.165, 1.54) is 36.7 Å². The lowest BCUT2D eigenvalue weighted by molar-refractivity contribution is 0.0951. The maximum atomic E-state index is 13.8. The molecule has 0 fully saturated rings. The van der Waals surface area contributed by atoms with E-state index in [1.807, 2.05) is 0 Å². The van der Waals surface area contributed by atoms with Crippen molar-refractivity contribution in [3.63, 3.8) is 0 Å². The number of aromatic nitrogens is 2. The molecule has 8 heteroatoms. The van der Waals surface area contributed by atoms with Crippen molar-refractivity contribution in [2.75, 3.05) is 0 Å². The van der Waals surface area contributed by atoms with Crippen LogP contribution in [0.2, 0.25) is 0 Å². The van der Waals surface area contributed by atoms with Crippen molar-refractivity contribution in [1.29, 1.82) is 0 Å². The van der Waals surface area contributed by atoms with Gasteiger partial charge in [0.25, 0.3) is 11.5 Å². The van der Waals surface area contributed by atoms with Crippen LogP contribution in [-0.2, 0) is 0 Å². The second-order valence-corrected chi connectivity index (χ2v) is 6.29. The Balaban J connectivity index is 1.79. The molecule has 0 bridgehead atoms. The molecule has 1 amide bonds. The Morgan fingerprint density at radius 1 is 1.03 bits per heavy atom. The number of nitrogens with zero attached hydrogens (tertiary/aromatic N) is 3. The number of halogens is 1. The van der Waals surface area contributed by atoms with Crippen LogP contribution in [0.5, 0.6) is 5.88 Å². The standard InChI is InChI=1S/C22H15FN4O3/c23-18-10-4-3-9-16(18)20(28)26-25-13-17-14-7-1-2-8-15(14)21(29)27(22(17)30)19-11-5-6-12-24-19/h1-13,30H,(H,26,28)/b25-13+. The van der Waals surface area contributed by atoms with Gasteiger partial charge in [-0.1, -0.05) is 36.4 Å². The Morgan fingerprint density at radius 3 is 2.47 bits per heavy atom. The highest BCUT2D eigenvalue weighted by Crippen LogP contribution is 2.25. The maximum absolute atomic E-state index is 13.8. The Kier molecular flexibility index (Phi) is 5.04. The summed E-state index contributed by atoms with van der Waals surface area (Å²) >= 11 is 0. The van der Waals surface area contributed by atoms with E-state index in [9.17, 15) is 19.1 Å². The predicted molar refractivity (Wildman–Crippen MR) is 110 cm³/mol. The van der Waals surface area contributed by atoms with Crippen molar-refractivity contribution in [3.05, 3.63) is 100 Å². The van der Waals surface area contributed by atoms with E-state index in [0.29, 0.717) is 10.8 Å². The third-order valence-corrected chi connectivity index (χ3v) is 4.46. The van der Waals surface area contributed by atoms with Crippen LogP contribution in [0.3, 0.4) is 0 Å². The van der Waals surface area contributed by atoms with Crippen molar-refractivity contribution >= 4 is 22.9 Å². The average molecular weight is 402 g/mol. The summed E-state index contributed by atoms with van der Waals surface area (Å²) in [5.74, 6) is -1.58. The summed E-state index contributed by atoms with van der Waals surface area (Å²) in [5, 5.41) is 15.4. The van der Waals surface area contributed by atoms with E-state index in [0.717, 1.165) is 4.57 Å². The quantitative estimate of drug-likeness (QED) is 0.405. The largest absolute Gasteiger partial charge is 0.494 e. The highest BCUT2D eigenvalue weighted by Gasteiger charge is 2.17. The number of carbonyl (C=O) groups is 1. The van der Waals surface area contributed by atoms with Crippen LogP contribution >= 0.6 is 0 Å². The van der Waals surface area contributed by atoms with Crippen LogP contribution < -0.4 is 11.0 Å². The first kappa shape index (κ1) is 19.0. The van der Waals surface area contributed by atoms with Crippen molar-refractivity contribution in [2.45, 2.75) is 0 Å². The summed E-state index contributed by atoms with van der Waals surface area (Å²) in [6, 6.07) is 17.1. The number of hydrogen-bond acceptors (Lipinski definition) is 5. The summed E-state index contributed by atoms with van der Waals surface area (Å²) < 4.78 is 14.8. The molecule has 0 atom stereocenters. The van der Waals surface area contributed by atoms with Gasteiger partial charge < -0.3 is 5.11 Å². The lowest BCUT2D eigenvalue weighted by Crippen LogP contribution is -2.22. The SMILES string of the molecule is O=C(N/N=C/c1c(O)n(-c2ccccn2)c(=O)c2ccccc12)c1ccccc1F. The van der Waals surface area contributed by atoms with Gasteiger partial charge in [0.15, 0.2) is 0 Å². The van der Waals surface area contributed by atoms with E-state index >= 15 is 0 Å². The molecule has 0 radical (unpaired) electrons. The van der Waals surface area contributed by atoms with Gasteiger partial charge in [-0.25, -0.2) is 19.4 Å². The van der Waals surface area contributed by atoms with Gasteiger partial charge in [0.05, 0.1) is 17.3 Å². The van der Waals surface area contributed by atoms with Crippen LogP contribution in [-0.4, -0.2) is 26.8 Å². The Morgan fingerprint density at radius 2 is 1.73 bits per heavy atom. The smallest absolute Gasteiger partial charge is 0.274 e. The molecule has 2 aromatic carbocycles. The maximum Gasteiger partial charge on any atom is 0.274 e. The zero-order chi connectivity index (χ0) is 21.1. The minimum Gasteiger partial charge on any atom is -0.494 e. The topological polar surface area (TPSA) is 96.6 Å². The Bertz CT molecular complexity index is 1330.